The van der Waals surface area contributed by atoms with Crippen LogP contribution in [0.15, 0.2) is 65.6 Å². The molecule has 0 saturated heterocycles. The van der Waals surface area contributed by atoms with E-state index >= 15 is 0 Å². The Bertz CT molecular complexity index is 1400. The number of rotatable bonds is 10. The summed E-state index contributed by atoms with van der Waals surface area (Å²) in [6.07, 6.45) is 0.728. The lowest BCUT2D eigenvalue weighted by Gasteiger charge is -2.31. The zero-order valence-corrected chi connectivity index (χ0v) is 23.6. The van der Waals surface area contributed by atoms with E-state index < -0.39 is 28.5 Å². The van der Waals surface area contributed by atoms with Crippen LogP contribution in [0, 0.1) is 0 Å². The number of nitrogens with one attached hydrogen (secondary N) is 1. The van der Waals surface area contributed by atoms with Gasteiger partial charge in [-0.05, 0) is 60.9 Å². The van der Waals surface area contributed by atoms with Crippen LogP contribution in [-0.4, -0.2) is 55.1 Å². The number of carbonyl (C=O) groups is 2. The number of benzene rings is 3. The topological polar surface area (TPSA) is 86.8 Å². The molecule has 2 amide bonds. The van der Waals surface area contributed by atoms with Crippen molar-refractivity contribution in [2.75, 3.05) is 13.6 Å². The third-order valence-electron chi connectivity index (χ3n) is 6.29. The summed E-state index contributed by atoms with van der Waals surface area (Å²) in [6.45, 7) is 5.04. The lowest BCUT2D eigenvalue weighted by atomic mass is 10.1. The van der Waals surface area contributed by atoms with Gasteiger partial charge in [0.1, 0.15) is 6.04 Å². The molecule has 0 aliphatic rings. The molecule has 0 radical (unpaired) electrons. The number of nitrogens with zero attached hydrogens (tertiary/aromatic N) is 2. The van der Waals surface area contributed by atoms with Crippen molar-refractivity contribution < 1.29 is 18.0 Å². The van der Waals surface area contributed by atoms with Crippen LogP contribution >= 0.6 is 23.2 Å². The van der Waals surface area contributed by atoms with Crippen molar-refractivity contribution >= 4 is 55.8 Å². The molecule has 1 N–H and O–H groups in total. The fourth-order valence-electron chi connectivity index (χ4n) is 3.76. The first-order valence-electron chi connectivity index (χ1n) is 11.9. The number of amides is 2. The lowest BCUT2D eigenvalue weighted by Crippen LogP contribution is -2.51. The van der Waals surface area contributed by atoms with Crippen LogP contribution in [0.1, 0.15) is 32.8 Å². The molecular formula is C27H31Cl2N3O4S. The normalized spacial score (nSPS) is 13.4. The Kier molecular flexibility index (Phi) is 9.58. The van der Waals surface area contributed by atoms with Crippen molar-refractivity contribution in [3.05, 3.63) is 76.3 Å². The van der Waals surface area contributed by atoms with Gasteiger partial charge in [-0.1, -0.05) is 66.5 Å². The fraction of sp³-hybridized carbons (Fsp3) is 0.333. The number of fused-ring (bicyclic) bond motifs is 1. The predicted octanol–water partition coefficient (Wildman–Crippen LogP) is 5.10. The molecule has 0 bridgehead atoms. The molecule has 3 rings (SSSR count). The Morgan fingerprint density at radius 2 is 1.62 bits per heavy atom. The molecule has 0 fully saturated rings. The van der Waals surface area contributed by atoms with Crippen molar-refractivity contribution in [3.8, 4) is 0 Å². The Morgan fingerprint density at radius 1 is 0.946 bits per heavy atom. The molecule has 2 atom stereocenters. The van der Waals surface area contributed by atoms with Crippen LogP contribution < -0.4 is 5.32 Å². The second-order valence-electron chi connectivity index (χ2n) is 9.03. The zero-order valence-electron chi connectivity index (χ0n) is 21.2. The molecule has 0 spiro atoms. The molecule has 0 aliphatic heterocycles. The highest BCUT2D eigenvalue weighted by molar-refractivity contribution is 7.89. The van der Waals surface area contributed by atoms with Gasteiger partial charge in [-0.15, -0.1) is 0 Å². The van der Waals surface area contributed by atoms with Crippen LogP contribution in [0.3, 0.4) is 0 Å². The molecule has 0 unspecified atom stereocenters. The molecule has 10 heteroatoms. The van der Waals surface area contributed by atoms with Gasteiger partial charge in [0.05, 0.1) is 21.5 Å². The second-order valence-corrected chi connectivity index (χ2v) is 11.9. The smallest absolute Gasteiger partial charge is 0.243 e. The molecule has 0 aromatic heterocycles. The van der Waals surface area contributed by atoms with Gasteiger partial charge in [0.25, 0.3) is 0 Å². The average molecular weight is 565 g/mol. The van der Waals surface area contributed by atoms with E-state index in [1.165, 1.54) is 18.0 Å². The van der Waals surface area contributed by atoms with Gasteiger partial charge in [0, 0.05) is 19.6 Å². The van der Waals surface area contributed by atoms with E-state index in [4.69, 9.17) is 23.2 Å². The summed E-state index contributed by atoms with van der Waals surface area (Å²) >= 11 is 12.2. The zero-order chi connectivity index (χ0) is 27.3. The van der Waals surface area contributed by atoms with Crippen molar-refractivity contribution in [1.29, 1.82) is 0 Å². The maximum Gasteiger partial charge on any atom is 0.243 e. The van der Waals surface area contributed by atoms with E-state index in [9.17, 15) is 18.0 Å². The molecule has 0 aliphatic carbocycles. The van der Waals surface area contributed by atoms with Crippen LogP contribution in [0.5, 0.6) is 0 Å². The number of sulfonamides is 1. The van der Waals surface area contributed by atoms with E-state index in [0.29, 0.717) is 15.6 Å². The molecule has 0 heterocycles. The average Bonchev–Trinajstić information content (AvgIpc) is 2.88. The Morgan fingerprint density at radius 3 is 2.27 bits per heavy atom. The van der Waals surface area contributed by atoms with Crippen molar-refractivity contribution in [2.45, 2.75) is 50.7 Å². The van der Waals surface area contributed by atoms with E-state index in [1.807, 2.05) is 38.1 Å². The molecule has 37 heavy (non-hydrogen) atoms. The van der Waals surface area contributed by atoms with Crippen molar-refractivity contribution in [1.82, 2.24) is 14.5 Å². The van der Waals surface area contributed by atoms with Crippen molar-refractivity contribution in [2.24, 2.45) is 0 Å². The van der Waals surface area contributed by atoms with Crippen LogP contribution in [0.25, 0.3) is 10.8 Å². The van der Waals surface area contributed by atoms with Gasteiger partial charge in [0.15, 0.2) is 0 Å². The molecule has 3 aromatic carbocycles. The Labute approximate surface area is 228 Å². The third-order valence-corrected chi connectivity index (χ3v) is 8.83. The summed E-state index contributed by atoms with van der Waals surface area (Å²) in [5, 5.41) is 5.26. The van der Waals surface area contributed by atoms with Crippen LogP contribution in [0.4, 0.5) is 0 Å². The maximum absolute atomic E-state index is 13.5. The van der Waals surface area contributed by atoms with Crippen LogP contribution in [0.2, 0.25) is 10.0 Å². The van der Waals surface area contributed by atoms with Crippen LogP contribution in [-0.2, 0) is 26.2 Å². The lowest BCUT2D eigenvalue weighted by molar-refractivity contribution is -0.140. The van der Waals surface area contributed by atoms with Gasteiger partial charge in [-0.2, -0.15) is 4.31 Å². The predicted molar refractivity (Wildman–Crippen MR) is 148 cm³/mol. The Hall–Kier alpha value is -2.65. The van der Waals surface area contributed by atoms with Gasteiger partial charge in [0.2, 0.25) is 21.8 Å². The van der Waals surface area contributed by atoms with E-state index in [1.54, 1.807) is 37.3 Å². The summed E-state index contributed by atoms with van der Waals surface area (Å²) < 4.78 is 27.6. The monoisotopic (exact) mass is 563 g/mol. The second kappa shape index (κ2) is 12.3. The first kappa shape index (κ1) is 28.9. The summed E-state index contributed by atoms with van der Waals surface area (Å²) in [6, 6.07) is 16.3. The largest absolute Gasteiger partial charge is 0.352 e. The summed E-state index contributed by atoms with van der Waals surface area (Å²) in [4.78, 5) is 27.8. The number of likely N-dealkylation sites (N-methyl/N-ethyl adjacent to an activating group) is 1. The van der Waals surface area contributed by atoms with Gasteiger partial charge in [-0.3, -0.25) is 9.59 Å². The van der Waals surface area contributed by atoms with E-state index in [-0.39, 0.29) is 23.4 Å². The molecular weight excluding hydrogens is 533 g/mol. The maximum atomic E-state index is 13.5. The SMILES string of the molecule is CC[C@@H](C)NC(=O)[C@@H](C)N(Cc1ccc(Cl)c(Cl)c1)C(=O)CN(C)S(=O)(=O)c1ccc2ccccc2c1. The minimum Gasteiger partial charge on any atom is -0.352 e. The number of hydrogen-bond donors (Lipinski definition) is 1. The van der Waals surface area contributed by atoms with E-state index in [2.05, 4.69) is 5.32 Å². The standard InChI is InChI=1S/C27H31Cl2N3O4S/c1-5-18(2)30-27(34)19(3)32(16-20-10-13-24(28)25(29)14-20)26(33)17-31(4)37(35,36)23-12-11-21-8-6-7-9-22(21)15-23/h6-15,18-19H,5,16-17H2,1-4H3,(H,30,34)/t18-,19-/m1/s1. The van der Waals surface area contributed by atoms with Gasteiger partial charge >= 0.3 is 0 Å². The first-order chi connectivity index (χ1) is 17.4. The van der Waals surface area contributed by atoms with E-state index in [0.717, 1.165) is 21.5 Å². The molecule has 198 valence electrons. The quantitative estimate of drug-likeness (QED) is 0.371. The minimum absolute atomic E-state index is 0.0503. The van der Waals surface area contributed by atoms with Gasteiger partial charge < -0.3 is 10.2 Å². The summed E-state index contributed by atoms with van der Waals surface area (Å²) in [5.41, 5.74) is 0.658. The minimum atomic E-state index is -3.97. The molecule has 3 aromatic rings. The highest BCUT2D eigenvalue weighted by Crippen LogP contribution is 2.25. The summed E-state index contributed by atoms with van der Waals surface area (Å²) in [7, 11) is -2.62. The fourth-order valence-corrected chi connectivity index (χ4v) is 5.23. The highest BCUT2D eigenvalue weighted by atomic mass is 35.5. The number of halogens is 2. The van der Waals surface area contributed by atoms with Crippen molar-refractivity contribution in [3.63, 3.8) is 0 Å². The Balaban J connectivity index is 1.86. The number of carbonyl (C=O) groups excluding carboxylic acids is 2. The molecule has 7 nitrogen and oxygen atoms in total. The first-order valence-corrected chi connectivity index (χ1v) is 14.1. The summed E-state index contributed by atoms with van der Waals surface area (Å²) in [5.74, 6) is -0.854. The third kappa shape index (κ3) is 7.02. The highest BCUT2D eigenvalue weighted by Gasteiger charge is 2.30. The number of hydrogen-bond acceptors (Lipinski definition) is 4. The molecule has 0 saturated carbocycles. The van der Waals surface area contributed by atoms with Gasteiger partial charge in [-0.25, -0.2) is 8.42 Å².